The summed E-state index contributed by atoms with van der Waals surface area (Å²) in [6.45, 7) is -0.606. The number of carbonyl (C=O) groups excluding carboxylic acids is 3. The number of nitrogens with one attached hydrogen (secondary N) is 2. The second-order valence-electron chi connectivity index (χ2n) is 10.5. The van der Waals surface area contributed by atoms with Crippen molar-refractivity contribution in [3.05, 3.63) is 58.1 Å². The first-order valence-electron chi connectivity index (χ1n) is 13.6. The molecular weight excluding hydrogens is 613 g/mol. The van der Waals surface area contributed by atoms with E-state index in [2.05, 4.69) is 10.6 Å². The standard InChI is InChI=1S/C29H32Cl2F2N2O8/c1-39-10-11-40-17-27(38)43-24-14-28(34-25(36)15-41-18-2-4-20(30)22(32)12-18)6-8-29(24,9-7-28)35-26(37)16-42-19-3-5-21(31)23(33)13-19/h2-5,12-13,24H,6-11,14-17H2,1H3,(H,34,36)(H,35,37)/t24-,28?,29?/m1/s1. The minimum absolute atomic E-state index is 0.0641. The second-order valence-corrected chi connectivity index (χ2v) is 11.3. The Morgan fingerprint density at radius 2 is 1.40 bits per heavy atom. The largest absolute Gasteiger partial charge is 0.484 e. The van der Waals surface area contributed by atoms with Crippen LogP contribution in [0, 0.1) is 11.6 Å². The molecule has 2 aromatic carbocycles. The van der Waals surface area contributed by atoms with Crippen LogP contribution in [0.2, 0.25) is 10.0 Å². The minimum atomic E-state index is -0.919. The Balaban J connectivity index is 1.40. The maximum Gasteiger partial charge on any atom is 0.332 e. The fourth-order valence-corrected chi connectivity index (χ4v) is 5.59. The highest BCUT2D eigenvalue weighted by atomic mass is 35.5. The molecule has 234 valence electrons. The lowest BCUT2D eigenvalue weighted by molar-refractivity contribution is -0.171. The highest BCUT2D eigenvalue weighted by Gasteiger charge is 2.57. The number of benzene rings is 2. The summed E-state index contributed by atoms with van der Waals surface area (Å²) in [7, 11) is 1.51. The first-order valence-corrected chi connectivity index (χ1v) is 14.3. The molecule has 10 nitrogen and oxygen atoms in total. The summed E-state index contributed by atoms with van der Waals surface area (Å²) < 4.78 is 54.3. The van der Waals surface area contributed by atoms with Gasteiger partial charge in [0.25, 0.3) is 11.8 Å². The predicted molar refractivity (Wildman–Crippen MR) is 151 cm³/mol. The van der Waals surface area contributed by atoms with Gasteiger partial charge in [0.15, 0.2) is 13.2 Å². The Morgan fingerprint density at radius 3 is 1.93 bits per heavy atom. The van der Waals surface area contributed by atoms with Crippen LogP contribution in [0.15, 0.2) is 36.4 Å². The molecule has 2 N–H and O–H groups in total. The van der Waals surface area contributed by atoms with Gasteiger partial charge in [-0.2, -0.15) is 0 Å². The molecule has 2 amide bonds. The molecule has 1 atom stereocenters. The van der Waals surface area contributed by atoms with E-state index in [1.807, 2.05) is 0 Å². The number of rotatable bonds is 14. The first-order chi connectivity index (χ1) is 20.5. The van der Waals surface area contributed by atoms with E-state index in [1.54, 1.807) is 0 Å². The van der Waals surface area contributed by atoms with Crippen molar-refractivity contribution in [3.63, 3.8) is 0 Å². The van der Waals surface area contributed by atoms with Crippen LogP contribution in [0.3, 0.4) is 0 Å². The Kier molecular flexibility index (Phi) is 11.0. The van der Waals surface area contributed by atoms with E-state index in [9.17, 15) is 23.2 Å². The minimum Gasteiger partial charge on any atom is -0.484 e. The third kappa shape index (κ3) is 8.69. The van der Waals surface area contributed by atoms with Gasteiger partial charge >= 0.3 is 5.97 Å². The number of fused-ring (bicyclic) bond motifs is 3. The van der Waals surface area contributed by atoms with Crippen LogP contribution in [0.25, 0.3) is 0 Å². The predicted octanol–water partition coefficient (Wildman–Crippen LogP) is 3.99. The molecule has 0 aliphatic heterocycles. The van der Waals surface area contributed by atoms with E-state index in [4.69, 9.17) is 46.9 Å². The van der Waals surface area contributed by atoms with Crippen molar-refractivity contribution < 1.29 is 46.8 Å². The van der Waals surface area contributed by atoms with Crippen LogP contribution in [0.5, 0.6) is 11.5 Å². The zero-order valence-electron chi connectivity index (χ0n) is 23.4. The van der Waals surface area contributed by atoms with E-state index in [0.717, 1.165) is 12.1 Å². The normalized spacial score (nSPS) is 22.5. The monoisotopic (exact) mass is 644 g/mol. The summed E-state index contributed by atoms with van der Waals surface area (Å²) in [6.07, 6.45) is 1.17. The second kappa shape index (κ2) is 14.5. The zero-order valence-corrected chi connectivity index (χ0v) is 24.9. The van der Waals surface area contributed by atoms with Crippen LogP contribution < -0.4 is 20.1 Å². The van der Waals surface area contributed by atoms with Gasteiger partial charge in [-0.1, -0.05) is 23.2 Å². The van der Waals surface area contributed by atoms with Gasteiger partial charge < -0.3 is 34.3 Å². The molecule has 3 fully saturated rings. The number of hydrogen-bond acceptors (Lipinski definition) is 8. The van der Waals surface area contributed by atoms with Gasteiger partial charge in [0.2, 0.25) is 0 Å². The molecule has 3 saturated carbocycles. The van der Waals surface area contributed by atoms with Crippen LogP contribution in [-0.2, 0) is 28.6 Å². The summed E-state index contributed by atoms with van der Waals surface area (Å²) >= 11 is 11.4. The molecule has 3 aliphatic rings. The third-order valence-electron chi connectivity index (χ3n) is 7.53. The Morgan fingerprint density at radius 1 is 0.837 bits per heavy atom. The maximum atomic E-state index is 13.8. The molecule has 0 saturated heterocycles. The molecule has 2 bridgehead atoms. The quantitative estimate of drug-likeness (QED) is 0.234. The summed E-state index contributed by atoms with van der Waals surface area (Å²) in [6, 6.07) is 7.71. The maximum absolute atomic E-state index is 13.8. The first kappa shape index (κ1) is 32.7. The van der Waals surface area contributed by atoms with Gasteiger partial charge in [-0.25, -0.2) is 13.6 Å². The van der Waals surface area contributed by atoms with Crippen LogP contribution in [0.4, 0.5) is 8.78 Å². The van der Waals surface area contributed by atoms with Crippen molar-refractivity contribution in [2.24, 2.45) is 0 Å². The highest BCUT2D eigenvalue weighted by molar-refractivity contribution is 6.31. The number of carbonyl (C=O) groups is 3. The molecule has 5 rings (SSSR count). The number of amides is 2. The van der Waals surface area contributed by atoms with Crippen molar-refractivity contribution in [2.45, 2.75) is 49.3 Å². The van der Waals surface area contributed by atoms with Gasteiger partial charge in [-0.05, 0) is 49.9 Å². The zero-order chi connectivity index (χ0) is 31.0. The van der Waals surface area contributed by atoms with Crippen LogP contribution >= 0.6 is 23.2 Å². The van der Waals surface area contributed by atoms with Crippen molar-refractivity contribution in [2.75, 3.05) is 40.1 Å². The Bertz CT molecular complexity index is 1320. The van der Waals surface area contributed by atoms with Crippen molar-refractivity contribution >= 4 is 41.0 Å². The van der Waals surface area contributed by atoms with E-state index < -0.39 is 53.2 Å². The molecule has 0 aromatic heterocycles. The van der Waals surface area contributed by atoms with E-state index in [1.165, 1.54) is 31.4 Å². The molecule has 0 radical (unpaired) electrons. The summed E-state index contributed by atoms with van der Waals surface area (Å²) in [4.78, 5) is 38.5. The average molecular weight is 645 g/mol. The van der Waals surface area contributed by atoms with E-state index >= 15 is 0 Å². The van der Waals surface area contributed by atoms with E-state index in [-0.39, 0.29) is 47.8 Å². The summed E-state index contributed by atoms with van der Waals surface area (Å²) in [5.74, 6) is -2.64. The number of hydrogen-bond donors (Lipinski definition) is 2. The lowest BCUT2D eigenvalue weighted by Gasteiger charge is -2.57. The number of halogens is 4. The third-order valence-corrected chi connectivity index (χ3v) is 8.15. The average Bonchev–Trinajstić information content (AvgIpc) is 2.97. The molecule has 0 spiro atoms. The highest BCUT2D eigenvalue weighted by Crippen LogP contribution is 2.48. The van der Waals surface area contributed by atoms with Gasteiger partial charge in [0.1, 0.15) is 35.8 Å². The van der Waals surface area contributed by atoms with E-state index in [0.29, 0.717) is 32.3 Å². The fraction of sp³-hybridized carbons (Fsp3) is 0.483. The van der Waals surface area contributed by atoms with Gasteiger partial charge in [0.05, 0.1) is 28.8 Å². The Labute approximate surface area is 257 Å². The van der Waals surface area contributed by atoms with Crippen molar-refractivity contribution in [1.29, 1.82) is 0 Å². The van der Waals surface area contributed by atoms with Crippen molar-refractivity contribution in [1.82, 2.24) is 10.6 Å². The molecule has 0 unspecified atom stereocenters. The number of esters is 1. The lowest BCUT2D eigenvalue weighted by Crippen LogP contribution is -2.71. The molecule has 0 heterocycles. The Hall–Kier alpha value is -3.19. The summed E-state index contributed by atoms with van der Waals surface area (Å²) in [5, 5.41) is 5.83. The molecular formula is C29H32Cl2F2N2O8. The smallest absolute Gasteiger partial charge is 0.332 e. The lowest BCUT2D eigenvalue weighted by atomic mass is 9.59. The topological polar surface area (TPSA) is 121 Å². The fourth-order valence-electron chi connectivity index (χ4n) is 5.35. The summed E-state index contributed by atoms with van der Waals surface area (Å²) in [5.41, 5.74) is -1.64. The van der Waals surface area contributed by atoms with Crippen LogP contribution in [-0.4, -0.2) is 75.1 Å². The van der Waals surface area contributed by atoms with Gasteiger partial charge in [0, 0.05) is 31.2 Å². The molecule has 3 aliphatic carbocycles. The SMILES string of the molecule is COCCOCC(=O)O[C@@H]1CC2(NC(=O)COc3ccc(Cl)c(F)c3)CCC1(NC(=O)COc1ccc(Cl)c(F)c1)CC2. The number of ether oxygens (including phenoxy) is 5. The number of methoxy groups -OCH3 is 1. The van der Waals surface area contributed by atoms with Crippen LogP contribution in [0.1, 0.15) is 32.1 Å². The van der Waals surface area contributed by atoms with Gasteiger partial charge in [-0.3, -0.25) is 9.59 Å². The molecule has 14 heteroatoms. The van der Waals surface area contributed by atoms with Gasteiger partial charge in [-0.15, -0.1) is 0 Å². The molecule has 2 aromatic rings. The van der Waals surface area contributed by atoms with Crippen molar-refractivity contribution in [3.8, 4) is 11.5 Å². The molecule has 43 heavy (non-hydrogen) atoms.